The predicted octanol–water partition coefficient (Wildman–Crippen LogP) is 3.65. The Balaban J connectivity index is 1.96. The van der Waals surface area contributed by atoms with Crippen LogP contribution in [0.3, 0.4) is 0 Å². The number of carbonyl (C=O) groups is 1. The van der Waals surface area contributed by atoms with Crippen molar-refractivity contribution in [3.05, 3.63) is 29.8 Å². The molecule has 0 saturated heterocycles. The highest BCUT2D eigenvalue weighted by Crippen LogP contribution is 2.28. The summed E-state index contributed by atoms with van der Waals surface area (Å²) in [6.07, 6.45) is 3.96. The molecule has 1 aliphatic carbocycles. The van der Waals surface area contributed by atoms with Crippen LogP contribution in [0.25, 0.3) is 10.9 Å². The zero-order chi connectivity index (χ0) is 21.9. The number of benzene rings is 1. The summed E-state index contributed by atoms with van der Waals surface area (Å²) in [5.74, 6) is 0.314. The van der Waals surface area contributed by atoms with E-state index in [1.807, 2.05) is 20.8 Å². The average molecular weight is 415 g/mol. The van der Waals surface area contributed by atoms with E-state index in [0.717, 1.165) is 25.7 Å². The minimum atomic E-state index is -0.380. The maximum Gasteiger partial charge on any atom is 0.289 e. The first-order valence-electron chi connectivity index (χ1n) is 10.4. The van der Waals surface area contributed by atoms with E-state index in [1.165, 1.54) is 12.1 Å². The molecule has 2 aromatic rings. The summed E-state index contributed by atoms with van der Waals surface area (Å²) in [6.45, 7) is 8.38. The monoisotopic (exact) mass is 414 g/mol. The number of anilines is 1. The summed E-state index contributed by atoms with van der Waals surface area (Å²) in [7, 11) is 0. The van der Waals surface area contributed by atoms with Crippen LogP contribution < -0.4 is 16.4 Å². The maximum absolute atomic E-state index is 14.0. The lowest BCUT2D eigenvalue weighted by Gasteiger charge is -2.30. The number of carbonyl (C=O) groups excluding carboxylic acids is 1. The molecule has 0 aliphatic heterocycles. The Morgan fingerprint density at radius 1 is 1.27 bits per heavy atom. The van der Waals surface area contributed by atoms with Gasteiger partial charge in [0.05, 0.1) is 17.4 Å². The maximum atomic E-state index is 14.0. The summed E-state index contributed by atoms with van der Waals surface area (Å²) in [4.78, 5) is 26.1. The number of rotatable bonds is 5. The van der Waals surface area contributed by atoms with Crippen molar-refractivity contribution in [1.82, 2.24) is 15.3 Å². The summed E-state index contributed by atoms with van der Waals surface area (Å²) in [6, 6.07) is 4.31. The third-order valence-corrected chi connectivity index (χ3v) is 5.06. The second-order valence-corrected chi connectivity index (χ2v) is 9.17. The fourth-order valence-electron chi connectivity index (χ4n) is 3.61. The Morgan fingerprint density at radius 2 is 2.00 bits per heavy atom. The first-order valence-corrected chi connectivity index (χ1v) is 10.4. The molecule has 3 rings (SSSR count). The molecule has 162 valence electrons. The predicted molar refractivity (Wildman–Crippen MR) is 118 cm³/mol. The van der Waals surface area contributed by atoms with Crippen LogP contribution in [0.5, 0.6) is 0 Å². The Labute approximate surface area is 176 Å². The molecule has 1 aromatic carbocycles. The molecule has 2 atom stereocenters. The van der Waals surface area contributed by atoms with E-state index in [0.29, 0.717) is 29.1 Å². The van der Waals surface area contributed by atoms with Crippen LogP contribution in [-0.4, -0.2) is 40.3 Å². The highest BCUT2D eigenvalue weighted by atomic mass is 19.1. The van der Waals surface area contributed by atoms with Gasteiger partial charge in [0.1, 0.15) is 11.6 Å². The Kier molecular flexibility index (Phi) is 6.53. The van der Waals surface area contributed by atoms with Crippen LogP contribution in [0.4, 0.5) is 10.2 Å². The molecule has 8 heteroatoms. The molecule has 1 saturated carbocycles. The van der Waals surface area contributed by atoms with Gasteiger partial charge in [-0.2, -0.15) is 0 Å². The zero-order valence-corrected chi connectivity index (χ0v) is 18.1. The highest BCUT2D eigenvalue weighted by molar-refractivity contribution is 5.96. The second-order valence-electron chi connectivity index (χ2n) is 9.17. The molecule has 0 bridgehead atoms. The van der Waals surface area contributed by atoms with Crippen molar-refractivity contribution in [1.29, 1.82) is 0 Å². The van der Waals surface area contributed by atoms with Gasteiger partial charge in [-0.15, -0.1) is 0 Å². The van der Waals surface area contributed by atoms with Gasteiger partial charge in [-0.3, -0.25) is 9.79 Å². The molecule has 1 aliphatic rings. The van der Waals surface area contributed by atoms with E-state index in [4.69, 9.17) is 5.73 Å². The lowest BCUT2D eigenvalue weighted by molar-refractivity contribution is 0.0929. The zero-order valence-electron chi connectivity index (χ0n) is 18.1. The molecule has 0 spiro atoms. The molecular formula is C22H31FN6O. The molecular weight excluding hydrogens is 383 g/mol. The molecule has 0 radical (unpaired) electrons. The minimum absolute atomic E-state index is 0.00380. The molecule has 1 fully saturated rings. The molecule has 1 amide bonds. The van der Waals surface area contributed by atoms with Crippen molar-refractivity contribution in [2.45, 2.75) is 65.5 Å². The number of nitrogens with one attached hydrogen (secondary N) is 2. The lowest BCUT2D eigenvalue weighted by atomic mass is 9.90. The summed E-state index contributed by atoms with van der Waals surface area (Å²) in [5, 5.41) is 6.83. The molecule has 1 heterocycles. The van der Waals surface area contributed by atoms with Gasteiger partial charge in [-0.05, 0) is 43.4 Å². The fourth-order valence-corrected chi connectivity index (χ4v) is 3.61. The topological polar surface area (TPSA) is 105 Å². The van der Waals surface area contributed by atoms with Gasteiger partial charge >= 0.3 is 0 Å². The van der Waals surface area contributed by atoms with Gasteiger partial charge in [-0.25, -0.2) is 14.4 Å². The van der Waals surface area contributed by atoms with Crippen LogP contribution in [0.1, 0.15) is 64.0 Å². The Bertz CT molecular complexity index is 949. The van der Waals surface area contributed by atoms with Crippen molar-refractivity contribution in [3.63, 3.8) is 0 Å². The van der Waals surface area contributed by atoms with E-state index in [2.05, 4.69) is 25.6 Å². The van der Waals surface area contributed by atoms with Gasteiger partial charge in [0.15, 0.2) is 0 Å². The van der Waals surface area contributed by atoms with Crippen molar-refractivity contribution in [2.75, 3.05) is 11.9 Å². The number of amides is 1. The standard InChI is InChI=1S/C22H31FN6O/c1-13(24)26-17-7-5-6-8-18(17)28-19-15-11-14(23)9-10-16(15)27-20(29-19)21(30)25-12-22(2,3)4/h9-11,17-18H,5-8,12H2,1-4H3,(H2,24,26)(H,25,30)(H,27,28,29)/t17-,18+/m1/s1. The van der Waals surface area contributed by atoms with Gasteiger partial charge in [-0.1, -0.05) is 33.6 Å². The normalized spacial score (nSPS) is 20.2. The second kappa shape index (κ2) is 8.93. The largest absolute Gasteiger partial charge is 0.388 e. The van der Waals surface area contributed by atoms with Crippen LogP contribution in [-0.2, 0) is 0 Å². The third kappa shape index (κ3) is 5.64. The van der Waals surface area contributed by atoms with E-state index in [9.17, 15) is 9.18 Å². The first kappa shape index (κ1) is 21.9. The van der Waals surface area contributed by atoms with Gasteiger partial charge in [0.25, 0.3) is 5.91 Å². The van der Waals surface area contributed by atoms with Crippen molar-refractivity contribution in [3.8, 4) is 0 Å². The fraction of sp³-hybridized carbons (Fsp3) is 0.545. The number of aromatic nitrogens is 2. The number of nitrogens with zero attached hydrogens (tertiary/aromatic N) is 3. The molecule has 1 aromatic heterocycles. The lowest BCUT2D eigenvalue weighted by Crippen LogP contribution is -2.37. The smallest absolute Gasteiger partial charge is 0.289 e. The minimum Gasteiger partial charge on any atom is -0.388 e. The SMILES string of the molecule is CC(N)=N[C@@H]1CCCC[C@@H]1Nc1nc(C(=O)NCC(C)(C)C)nc2ccc(F)cc12. The van der Waals surface area contributed by atoms with Crippen molar-refractivity contribution >= 4 is 28.5 Å². The van der Waals surface area contributed by atoms with E-state index >= 15 is 0 Å². The Hall–Kier alpha value is -2.77. The van der Waals surface area contributed by atoms with E-state index < -0.39 is 0 Å². The van der Waals surface area contributed by atoms with E-state index in [1.54, 1.807) is 13.0 Å². The molecule has 7 nitrogen and oxygen atoms in total. The van der Waals surface area contributed by atoms with Crippen LogP contribution in [0.15, 0.2) is 23.2 Å². The molecule has 0 unspecified atom stereocenters. The average Bonchev–Trinajstić information content (AvgIpc) is 2.66. The summed E-state index contributed by atoms with van der Waals surface area (Å²) >= 11 is 0. The number of halogens is 1. The van der Waals surface area contributed by atoms with Crippen LogP contribution >= 0.6 is 0 Å². The Morgan fingerprint density at radius 3 is 2.70 bits per heavy atom. The van der Waals surface area contributed by atoms with Crippen molar-refractivity contribution in [2.24, 2.45) is 16.1 Å². The number of hydrogen-bond donors (Lipinski definition) is 3. The summed E-state index contributed by atoms with van der Waals surface area (Å²) < 4.78 is 14.0. The summed E-state index contributed by atoms with van der Waals surface area (Å²) in [5.41, 5.74) is 6.26. The molecule has 4 N–H and O–H groups in total. The van der Waals surface area contributed by atoms with Crippen LogP contribution in [0, 0.1) is 11.2 Å². The number of hydrogen-bond acceptors (Lipinski definition) is 5. The van der Waals surface area contributed by atoms with Crippen LogP contribution in [0.2, 0.25) is 0 Å². The number of fused-ring (bicyclic) bond motifs is 1. The molecule has 30 heavy (non-hydrogen) atoms. The quantitative estimate of drug-likeness (QED) is 0.512. The number of nitrogens with two attached hydrogens (primary N) is 1. The van der Waals surface area contributed by atoms with Crippen molar-refractivity contribution < 1.29 is 9.18 Å². The van der Waals surface area contributed by atoms with Gasteiger partial charge < -0.3 is 16.4 Å². The first-order chi connectivity index (χ1) is 14.1. The highest BCUT2D eigenvalue weighted by Gasteiger charge is 2.26. The number of aliphatic imine (C=N–C) groups is 1. The van der Waals surface area contributed by atoms with Gasteiger partial charge in [0.2, 0.25) is 5.82 Å². The third-order valence-electron chi connectivity index (χ3n) is 5.06. The van der Waals surface area contributed by atoms with E-state index in [-0.39, 0.29) is 35.0 Å². The number of amidine groups is 1. The van der Waals surface area contributed by atoms with Gasteiger partial charge in [0, 0.05) is 18.0 Å².